The highest BCUT2D eigenvalue weighted by molar-refractivity contribution is 5.21. The highest BCUT2D eigenvalue weighted by atomic mass is 15.3. The monoisotopic (exact) mass is 203 g/mol. The van der Waals surface area contributed by atoms with E-state index >= 15 is 0 Å². The van der Waals surface area contributed by atoms with Crippen molar-refractivity contribution in [1.82, 2.24) is 19.7 Å². The van der Waals surface area contributed by atoms with Crippen molar-refractivity contribution in [3.63, 3.8) is 0 Å². The van der Waals surface area contributed by atoms with Crippen molar-refractivity contribution in [2.45, 2.75) is 20.4 Å². The van der Waals surface area contributed by atoms with E-state index in [1.54, 1.807) is 10.9 Å². The topological polar surface area (TPSA) is 69.6 Å². The van der Waals surface area contributed by atoms with Gasteiger partial charge in [-0.05, 0) is 19.9 Å². The SMILES string of the molecule is Cc1ccn(-c2ncc(CN)c(C)n2)n1. The Bertz CT molecular complexity index is 474. The summed E-state index contributed by atoms with van der Waals surface area (Å²) in [6.07, 6.45) is 3.58. The maximum absolute atomic E-state index is 5.54. The molecule has 0 unspecified atom stereocenters. The van der Waals surface area contributed by atoms with E-state index in [1.807, 2.05) is 26.1 Å². The Morgan fingerprint density at radius 1 is 1.40 bits per heavy atom. The fourth-order valence-corrected chi connectivity index (χ4v) is 1.32. The fourth-order valence-electron chi connectivity index (χ4n) is 1.32. The number of nitrogens with zero attached hydrogens (tertiary/aromatic N) is 4. The number of rotatable bonds is 2. The van der Waals surface area contributed by atoms with Crippen LogP contribution in [0.25, 0.3) is 5.95 Å². The lowest BCUT2D eigenvalue weighted by molar-refractivity contribution is 0.782. The molecule has 2 N–H and O–H groups in total. The number of hydrogen-bond acceptors (Lipinski definition) is 4. The third-order valence-electron chi connectivity index (χ3n) is 2.22. The van der Waals surface area contributed by atoms with Crippen LogP contribution in [0.2, 0.25) is 0 Å². The van der Waals surface area contributed by atoms with Gasteiger partial charge in [0.1, 0.15) is 0 Å². The molecule has 2 aromatic heterocycles. The first-order chi connectivity index (χ1) is 7.20. The summed E-state index contributed by atoms with van der Waals surface area (Å²) >= 11 is 0. The molecule has 2 aromatic rings. The van der Waals surface area contributed by atoms with Gasteiger partial charge < -0.3 is 5.73 Å². The standard InChI is InChI=1S/C10H13N5/c1-7-3-4-15(14-7)10-12-6-9(5-11)8(2)13-10/h3-4,6H,5,11H2,1-2H3. The van der Waals surface area contributed by atoms with Gasteiger partial charge in [-0.2, -0.15) is 5.10 Å². The molecule has 0 saturated carbocycles. The maximum atomic E-state index is 5.54. The van der Waals surface area contributed by atoms with E-state index in [0.29, 0.717) is 12.5 Å². The molecule has 0 fully saturated rings. The van der Waals surface area contributed by atoms with E-state index in [4.69, 9.17) is 5.73 Å². The number of aryl methyl sites for hydroxylation is 2. The summed E-state index contributed by atoms with van der Waals surface area (Å²) in [7, 11) is 0. The summed E-state index contributed by atoms with van der Waals surface area (Å²) in [6.45, 7) is 4.31. The van der Waals surface area contributed by atoms with Crippen LogP contribution in [0.4, 0.5) is 0 Å². The van der Waals surface area contributed by atoms with Gasteiger partial charge in [0.15, 0.2) is 0 Å². The van der Waals surface area contributed by atoms with Crippen LogP contribution in [0.5, 0.6) is 0 Å². The Kier molecular flexibility index (Phi) is 2.47. The lowest BCUT2D eigenvalue weighted by Crippen LogP contribution is -2.07. The van der Waals surface area contributed by atoms with Crippen LogP contribution >= 0.6 is 0 Å². The molecule has 0 aliphatic carbocycles. The molecule has 15 heavy (non-hydrogen) atoms. The van der Waals surface area contributed by atoms with Gasteiger partial charge in [-0.1, -0.05) is 0 Å². The molecule has 78 valence electrons. The first kappa shape index (κ1) is 9.79. The fraction of sp³-hybridized carbons (Fsp3) is 0.300. The molecule has 2 heterocycles. The van der Waals surface area contributed by atoms with Gasteiger partial charge in [-0.25, -0.2) is 14.6 Å². The summed E-state index contributed by atoms with van der Waals surface area (Å²) < 4.78 is 1.66. The smallest absolute Gasteiger partial charge is 0.250 e. The van der Waals surface area contributed by atoms with Gasteiger partial charge >= 0.3 is 0 Å². The lowest BCUT2D eigenvalue weighted by atomic mass is 10.2. The van der Waals surface area contributed by atoms with Gasteiger partial charge in [-0.15, -0.1) is 0 Å². The minimum atomic E-state index is 0.463. The number of hydrogen-bond donors (Lipinski definition) is 1. The average Bonchev–Trinajstić information content (AvgIpc) is 2.65. The summed E-state index contributed by atoms with van der Waals surface area (Å²) in [4.78, 5) is 8.54. The van der Waals surface area contributed by atoms with Crippen molar-refractivity contribution in [2.24, 2.45) is 5.73 Å². The maximum Gasteiger partial charge on any atom is 0.250 e. The van der Waals surface area contributed by atoms with E-state index in [0.717, 1.165) is 17.0 Å². The van der Waals surface area contributed by atoms with Crippen LogP contribution < -0.4 is 5.73 Å². The van der Waals surface area contributed by atoms with Crippen molar-refractivity contribution in [3.05, 3.63) is 35.4 Å². The lowest BCUT2D eigenvalue weighted by Gasteiger charge is -2.04. The minimum Gasteiger partial charge on any atom is -0.326 e. The Morgan fingerprint density at radius 2 is 2.20 bits per heavy atom. The van der Waals surface area contributed by atoms with Crippen LogP contribution in [0, 0.1) is 13.8 Å². The van der Waals surface area contributed by atoms with E-state index in [1.165, 1.54) is 0 Å². The molecule has 0 aromatic carbocycles. The van der Waals surface area contributed by atoms with E-state index < -0.39 is 0 Å². The third kappa shape index (κ3) is 1.87. The molecule has 0 saturated heterocycles. The van der Waals surface area contributed by atoms with Crippen LogP contribution in [0.15, 0.2) is 18.5 Å². The summed E-state index contributed by atoms with van der Waals surface area (Å²) in [5, 5.41) is 4.24. The zero-order valence-electron chi connectivity index (χ0n) is 8.81. The summed E-state index contributed by atoms with van der Waals surface area (Å²) in [6, 6.07) is 1.91. The molecule has 0 spiro atoms. The molecular weight excluding hydrogens is 190 g/mol. The highest BCUT2D eigenvalue weighted by Crippen LogP contribution is 2.06. The van der Waals surface area contributed by atoms with E-state index in [2.05, 4.69) is 15.1 Å². The molecule has 0 aliphatic rings. The second kappa shape index (κ2) is 3.78. The Morgan fingerprint density at radius 3 is 2.73 bits per heavy atom. The van der Waals surface area contributed by atoms with Gasteiger partial charge in [0.05, 0.1) is 5.69 Å². The Hall–Kier alpha value is -1.75. The zero-order valence-corrected chi connectivity index (χ0v) is 8.81. The van der Waals surface area contributed by atoms with Gasteiger partial charge in [0.2, 0.25) is 0 Å². The van der Waals surface area contributed by atoms with Gasteiger partial charge in [0, 0.05) is 30.2 Å². The highest BCUT2D eigenvalue weighted by Gasteiger charge is 2.04. The summed E-state index contributed by atoms with van der Waals surface area (Å²) in [5.74, 6) is 0.581. The zero-order chi connectivity index (χ0) is 10.8. The molecule has 5 heteroatoms. The second-order valence-corrected chi connectivity index (χ2v) is 3.39. The Labute approximate surface area is 88.0 Å². The molecule has 0 aliphatic heterocycles. The van der Waals surface area contributed by atoms with Crippen molar-refractivity contribution in [2.75, 3.05) is 0 Å². The van der Waals surface area contributed by atoms with E-state index in [-0.39, 0.29) is 0 Å². The Balaban J connectivity index is 2.42. The molecule has 2 rings (SSSR count). The predicted octanol–water partition coefficient (Wildman–Crippen LogP) is 0.738. The molecule has 0 radical (unpaired) electrons. The third-order valence-corrected chi connectivity index (χ3v) is 2.22. The first-order valence-corrected chi connectivity index (χ1v) is 4.76. The molecule has 0 amide bonds. The first-order valence-electron chi connectivity index (χ1n) is 4.76. The second-order valence-electron chi connectivity index (χ2n) is 3.39. The average molecular weight is 203 g/mol. The molecule has 0 bridgehead atoms. The van der Waals surface area contributed by atoms with E-state index in [9.17, 15) is 0 Å². The molecular formula is C10H13N5. The van der Waals surface area contributed by atoms with Crippen molar-refractivity contribution < 1.29 is 0 Å². The number of nitrogens with two attached hydrogens (primary N) is 1. The van der Waals surface area contributed by atoms with Crippen LogP contribution in [-0.4, -0.2) is 19.7 Å². The quantitative estimate of drug-likeness (QED) is 0.781. The van der Waals surface area contributed by atoms with Crippen LogP contribution in [-0.2, 0) is 6.54 Å². The van der Waals surface area contributed by atoms with Crippen molar-refractivity contribution in [3.8, 4) is 5.95 Å². The summed E-state index contributed by atoms with van der Waals surface area (Å²) in [5.41, 5.74) is 8.34. The minimum absolute atomic E-state index is 0.463. The van der Waals surface area contributed by atoms with Crippen LogP contribution in [0.3, 0.4) is 0 Å². The predicted molar refractivity (Wildman–Crippen MR) is 56.5 cm³/mol. The van der Waals surface area contributed by atoms with Crippen molar-refractivity contribution in [1.29, 1.82) is 0 Å². The van der Waals surface area contributed by atoms with Gasteiger partial charge in [-0.3, -0.25) is 0 Å². The molecule has 0 atom stereocenters. The van der Waals surface area contributed by atoms with Gasteiger partial charge in [0.25, 0.3) is 5.95 Å². The van der Waals surface area contributed by atoms with Crippen molar-refractivity contribution >= 4 is 0 Å². The largest absolute Gasteiger partial charge is 0.326 e. The number of aromatic nitrogens is 4. The molecule has 5 nitrogen and oxygen atoms in total. The van der Waals surface area contributed by atoms with Crippen LogP contribution in [0.1, 0.15) is 17.0 Å². The normalized spacial score (nSPS) is 10.6.